The number of benzene rings is 1. The van der Waals surface area contributed by atoms with Gasteiger partial charge in [-0.3, -0.25) is 0 Å². The highest BCUT2D eigenvalue weighted by atomic mass is 19.1. The van der Waals surface area contributed by atoms with Gasteiger partial charge in [0.1, 0.15) is 5.75 Å². The van der Waals surface area contributed by atoms with Crippen molar-refractivity contribution in [3.8, 4) is 5.75 Å². The first kappa shape index (κ1) is 12.5. The van der Waals surface area contributed by atoms with Crippen molar-refractivity contribution in [3.63, 3.8) is 0 Å². The molecule has 0 heterocycles. The van der Waals surface area contributed by atoms with Gasteiger partial charge in [-0.15, -0.1) is 0 Å². The molecule has 1 aromatic rings. The van der Waals surface area contributed by atoms with Gasteiger partial charge in [0.05, 0.1) is 0 Å². The second kappa shape index (κ2) is 4.51. The van der Waals surface area contributed by atoms with Crippen LogP contribution in [0.2, 0.25) is 0 Å². The molecule has 1 aromatic carbocycles. The molecule has 4 heteroatoms. The lowest BCUT2D eigenvalue weighted by molar-refractivity contribution is -0.153. The summed E-state index contributed by atoms with van der Waals surface area (Å²) >= 11 is 0. The summed E-state index contributed by atoms with van der Waals surface area (Å²) in [6, 6.07) is 6.72. The standard InChI is InChI=1S/C12H15FO3/c1-12(2,3)8-4-6-9(7-5-8)16-10(13)11(14)15/h4-7,10H,1-3H3,(H,14,15)/t10-/m0/s1. The number of carboxylic acids is 1. The molecule has 0 radical (unpaired) electrons. The molecule has 0 saturated carbocycles. The van der Waals surface area contributed by atoms with Crippen LogP contribution in [0.3, 0.4) is 0 Å². The van der Waals surface area contributed by atoms with Gasteiger partial charge in [-0.25, -0.2) is 4.79 Å². The van der Waals surface area contributed by atoms with Crippen LogP contribution >= 0.6 is 0 Å². The van der Waals surface area contributed by atoms with E-state index < -0.39 is 12.3 Å². The molecular formula is C12H15FO3. The summed E-state index contributed by atoms with van der Waals surface area (Å²) in [5.41, 5.74) is 1.08. The Kier molecular flexibility index (Phi) is 3.52. The molecule has 1 N–H and O–H groups in total. The zero-order chi connectivity index (χ0) is 12.3. The van der Waals surface area contributed by atoms with Gasteiger partial charge < -0.3 is 9.84 Å². The SMILES string of the molecule is CC(C)(C)c1ccc(O[C@H](F)C(=O)O)cc1. The van der Waals surface area contributed by atoms with Crippen LogP contribution in [0.4, 0.5) is 4.39 Å². The molecule has 88 valence electrons. The summed E-state index contributed by atoms with van der Waals surface area (Å²) in [6.07, 6.45) is -2.32. The van der Waals surface area contributed by atoms with E-state index in [1.807, 2.05) is 0 Å². The summed E-state index contributed by atoms with van der Waals surface area (Å²) in [5, 5.41) is 8.33. The zero-order valence-corrected chi connectivity index (χ0v) is 9.53. The van der Waals surface area contributed by atoms with Gasteiger partial charge in [-0.2, -0.15) is 4.39 Å². The highest BCUT2D eigenvalue weighted by Gasteiger charge is 2.18. The van der Waals surface area contributed by atoms with Crippen molar-refractivity contribution in [2.24, 2.45) is 0 Å². The zero-order valence-electron chi connectivity index (χ0n) is 9.53. The smallest absolute Gasteiger partial charge is 0.378 e. The molecule has 0 aromatic heterocycles. The summed E-state index contributed by atoms with van der Waals surface area (Å²) in [6.45, 7) is 6.16. The van der Waals surface area contributed by atoms with Crippen molar-refractivity contribution < 1.29 is 19.0 Å². The minimum Gasteiger partial charge on any atom is -0.476 e. The molecule has 0 aliphatic carbocycles. The van der Waals surface area contributed by atoms with Gasteiger partial charge in [0.2, 0.25) is 0 Å². The van der Waals surface area contributed by atoms with Crippen molar-refractivity contribution in [1.82, 2.24) is 0 Å². The monoisotopic (exact) mass is 226 g/mol. The molecule has 3 nitrogen and oxygen atoms in total. The lowest BCUT2D eigenvalue weighted by Crippen LogP contribution is -2.21. The van der Waals surface area contributed by atoms with Gasteiger partial charge in [0, 0.05) is 0 Å². The predicted octanol–water partition coefficient (Wildman–Crippen LogP) is 2.74. The minimum atomic E-state index is -2.32. The Morgan fingerprint density at radius 1 is 1.31 bits per heavy atom. The van der Waals surface area contributed by atoms with Gasteiger partial charge in [0.25, 0.3) is 0 Å². The van der Waals surface area contributed by atoms with E-state index in [0.717, 1.165) is 5.56 Å². The van der Waals surface area contributed by atoms with Gasteiger partial charge in [0.15, 0.2) is 0 Å². The van der Waals surface area contributed by atoms with E-state index in [-0.39, 0.29) is 11.2 Å². The van der Waals surface area contributed by atoms with Crippen LogP contribution in [-0.4, -0.2) is 17.4 Å². The third kappa shape index (κ3) is 3.22. The first-order chi connectivity index (χ1) is 7.30. The summed E-state index contributed by atoms with van der Waals surface area (Å²) in [5.74, 6) is -1.41. The number of hydrogen-bond acceptors (Lipinski definition) is 2. The number of aliphatic carboxylic acids is 1. The van der Waals surface area contributed by atoms with Crippen molar-refractivity contribution >= 4 is 5.97 Å². The Bertz CT molecular complexity index is 365. The number of hydrogen-bond donors (Lipinski definition) is 1. The van der Waals surface area contributed by atoms with E-state index in [0.29, 0.717) is 0 Å². The molecular weight excluding hydrogens is 211 g/mol. The number of alkyl halides is 1. The molecule has 0 saturated heterocycles. The third-order valence-electron chi connectivity index (χ3n) is 2.15. The maximum Gasteiger partial charge on any atom is 0.378 e. The number of halogens is 1. The Hall–Kier alpha value is -1.58. The third-order valence-corrected chi connectivity index (χ3v) is 2.15. The van der Waals surface area contributed by atoms with E-state index in [2.05, 4.69) is 25.5 Å². The summed E-state index contributed by atoms with van der Waals surface area (Å²) in [7, 11) is 0. The summed E-state index contributed by atoms with van der Waals surface area (Å²) in [4.78, 5) is 10.2. The first-order valence-electron chi connectivity index (χ1n) is 4.95. The Balaban J connectivity index is 2.76. The number of ether oxygens (including phenoxy) is 1. The topological polar surface area (TPSA) is 46.5 Å². The van der Waals surface area contributed by atoms with Gasteiger partial charge >= 0.3 is 12.3 Å². The molecule has 1 atom stereocenters. The van der Waals surface area contributed by atoms with E-state index in [4.69, 9.17) is 5.11 Å². The maximum absolute atomic E-state index is 12.7. The highest BCUT2D eigenvalue weighted by Crippen LogP contribution is 2.24. The average molecular weight is 226 g/mol. The van der Waals surface area contributed by atoms with Gasteiger partial charge in [-0.1, -0.05) is 32.9 Å². The second-order valence-corrected chi connectivity index (χ2v) is 4.55. The van der Waals surface area contributed by atoms with E-state index in [9.17, 15) is 9.18 Å². The highest BCUT2D eigenvalue weighted by molar-refractivity contribution is 5.70. The molecule has 0 aliphatic heterocycles. The van der Waals surface area contributed by atoms with E-state index in [1.165, 1.54) is 0 Å². The van der Waals surface area contributed by atoms with Crippen molar-refractivity contribution in [2.45, 2.75) is 32.5 Å². The van der Waals surface area contributed by atoms with Gasteiger partial charge in [-0.05, 0) is 23.1 Å². The molecule has 0 amide bonds. The quantitative estimate of drug-likeness (QED) is 0.862. The number of carbonyl (C=O) groups is 1. The van der Waals surface area contributed by atoms with E-state index >= 15 is 0 Å². The van der Waals surface area contributed by atoms with E-state index in [1.54, 1.807) is 24.3 Å². The predicted molar refractivity (Wildman–Crippen MR) is 58.3 cm³/mol. The van der Waals surface area contributed by atoms with Crippen molar-refractivity contribution in [3.05, 3.63) is 29.8 Å². The fourth-order valence-corrected chi connectivity index (χ4v) is 1.20. The largest absolute Gasteiger partial charge is 0.476 e. The second-order valence-electron chi connectivity index (χ2n) is 4.55. The molecule has 0 fully saturated rings. The molecule has 0 aliphatic rings. The Morgan fingerprint density at radius 2 is 1.81 bits per heavy atom. The van der Waals surface area contributed by atoms with Crippen LogP contribution in [0.25, 0.3) is 0 Å². The van der Waals surface area contributed by atoms with Crippen LogP contribution in [0.5, 0.6) is 5.75 Å². The molecule has 0 unspecified atom stereocenters. The van der Waals surface area contributed by atoms with Crippen LogP contribution in [0.15, 0.2) is 24.3 Å². The lowest BCUT2D eigenvalue weighted by atomic mass is 9.87. The van der Waals surface area contributed by atoms with Crippen LogP contribution < -0.4 is 4.74 Å². The fourth-order valence-electron chi connectivity index (χ4n) is 1.20. The lowest BCUT2D eigenvalue weighted by Gasteiger charge is -2.19. The fraction of sp³-hybridized carbons (Fsp3) is 0.417. The number of rotatable bonds is 3. The molecule has 0 spiro atoms. The maximum atomic E-state index is 12.7. The van der Waals surface area contributed by atoms with Crippen molar-refractivity contribution in [1.29, 1.82) is 0 Å². The Labute approximate surface area is 93.9 Å². The van der Waals surface area contributed by atoms with Crippen LogP contribution in [0, 0.1) is 0 Å². The average Bonchev–Trinajstić information content (AvgIpc) is 2.17. The van der Waals surface area contributed by atoms with Crippen molar-refractivity contribution in [2.75, 3.05) is 0 Å². The molecule has 0 bridgehead atoms. The minimum absolute atomic E-state index is 0.000441. The molecule has 1 rings (SSSR count). The summed E-state index contributed by atoms with van der Waals surface area (Å²) < 4.78 is 17.3. The first-order valence-corrected chi connectivity index (χ1v) is 4.95. The van der Waals surface area contributed by atoms with Crippen LogP contribution in [0.1, 0.15) is 26.3 Å². The van der Waals surface area contributed by atoms with Crippen LogP contribution in [-0.2, 0) is 10.2 Å². The Morgan fingerprint density at radius 3 is 2.19 bits per heavy atom. The molecule has 16 heavy (non-hydrogen) atoms. The normalized spacial score (nSPS) is 13.2. The number of carboxylic acid groups (broad SMARTS) is 1.